The van der Waals surface area contributed by atoms with Crippen molar-refractivity contribution in [2.24, 2.45) is 0 Å². The zero-order valence-corrected chi connectivity index (χ0v) is 13.7. The predicted octanol–water partition coefficient (Wildman–Crippen LogP) is 4.51. The number of aromatic nitrogens is 2. The van der Waals surface area contributed by atoms with Crippen LogP contribution in [-0.4, -0.2) is 16.5 Å². The lowest BCUT2D eigenvalue weighted by molar-refractivity contribution is 0.631. The summed E-state index contributed by atoms with van der Waals surface area (Å²) in [5, 5.41) is 6.23. The Labute approximate surface area is 132 Å². The van der Waals surface area contributed by atoms with Gasteiger partial charge in [-0.25, -0.2) is 14.4 Å². The number of halogens is 2. The topological polar surface area (TPSA) is 49.8 Å². The van der Waals surface area contributed by atoms with Crippen LogP contribution < -0.4 is 10.6 Å². The first-order chi connectivity index (χ1) is 10.1. The third-order valence-corrected chi connectivity index (χ3v) is 3.33. The average Bonchev–Trinajstić information content (AvgIpc) is 2.48. The maximum absolute atomic E-state index is 13.9. The van der Waals surface area contributed by atoms with E-state index in [0.29, 0.717) is 16.0 Å². The van der Waals surface area contributed by atoms with Crippen molar-refractivity contribution in [2.45, 2.75) is 26.7 Å². The van der Waals surface area contributed by atoms with Crippen molar-refractivity contribution in [2.75, 3.05) is 17.2 Å². The Kier molecular flexibility index (Phi) is 5.50. The highest BCUT2D eigenvalue weighted by Crippen LogP contribution is 2.23. The number of nitrogens with zero attached hydrogens (tertiary/aromatic N) is 2. The first kappa shape index (κ1) is 15.7. The Balaban J connectivity index is 2.25. The second kappa shape index (κ2) is 7.36. The van der Waals surface area contributed by atoms with E-state index >= 15 is 0 Å². The van der Waals surface area contributed by atoms with Crippen LogP contribution in [-0.2, 0) is 6.42 Å². The van der Waals surface area contributed by atoms with E-state index < -0.39 is 0 Å². The Bertz CT molecular complexity index is 619. The van der Waals surface area contributed by atoms with E-state index in [4.69, 9.17) is 0 Å². The lowest BCUT2D eigenvalue weighted by Gasteiger charge is -2.11. The molecule has 0 unspecified atom stereocenters. The molecule has 112 valence electrons. The quantitative estimate of drug-likeness (QED) is 0.803. The maximum atomic E-state index is 13.9. The lowest BCUT2D eigenvalue weighted by Crippen LogP contribution is -2.07. The normalized spacial score (nSPS) is 10.5. The van der Waals surface area contributed by atoms with Gasteiger partial charge in [-0.1, -0.05) is 29.8 Å². The Morgan fingerprint density at radius 2 is 1.90 bits per heavy atom. The summed E-state index contributed by atoms with van der Waals surface area (Å²) < 4.78 is 14.6. The summed E-state index contributed by atoms with van der Waals surface area (Å²) in [5.74, 6) is 1.73. The number of rotatable bonds is 6. The van der Waals surface area contributed by atoms with Crippen molar-refractivity contribution >= 4 is 33.3 Å². The molecule has 2 rings (SSSR count). The van der Waals surface area contributed by atoms with Gasteiger partial charge in [-0.2, -0.15) is 0 Å². The van der Waals surface area contributed by atoms with E-state index in [2.05, 4.69) is 43.5 Å². The number of anilines is 3. The lowest BCUT2D eigenvalue weighted by atomic mass is 10.3. The van der Waals surface area contributed by atoms with E-state index in [1.54, 1.807) is 18.2 Å². The summed E-state index contributed by atoms with van der Waals surface area (Å²) >= 11 is 3.24. The Hall–Kier alpha value is -1.69. The highest BCUT2D eigenvalue weighted by Gasteiger charge is 2.07. The van der Waals surface area contributed by atoms with Gasteiger partial charge >= 0.3 is 0 Å². The van der Waals surface area contributed by atoms with Crippen LogP contribution in [0.5, 0.6) is 0 Å². The largest absolute Gasteiger partial charge is 0.370 e. The zero-order chi connectivity index (χ0) is 15.2. The molecule has 0 bridgehead atoms. The number of hydrogen-bond acceptors (Lipinski definition) is 4. The number of aryl methyl sites for hydroxylation is 1. The molecule has 2 aromatic rings. The van der Waals surface area contributed by atoms with E-state index in [1.807, 2.05) is 6.92 Å². The second-order valence-corrected chi connectivity index (χ2v) is 5.50. The fourth-order valence-corrected chi connectivity index (χ4v) is 2.12. The van der Waals surface area contributed by atoms with Gasteiger partial charge in [0.25, 0.3) is 0 Å². The molecule has 2 N–H and O–H groups in total. The summed E-state index contributed by atoms with van der Waals surface area (Å²) in [6.45, 7) is 4.92. The van der Waals surface area contributed by atoms with Gasteiger partial charge in [-0.15, -0.1) is 0 Å². The Morgan fingerprint density at radius 3 is 2.57 bits per heavy atom. The molecule has 4 nitrogen and oxygen atoms in total. The molecule has 0 spiro atoms. The first-order valence-corrected chi connectivity index (χ1v) is 7.75. The monoisotopic (exact) mass is 352 g/mol. The third kappa shape index (κ3) is 4.39. The highest BCUT2D eigenvalue weighted by atomic mass is 79.9. The van der Waals surface area contributed by atoms with E-state index in [9.17, 15) is 4.39 Å². The number of benzene rings is 1. The maximum Gasteiger partial charge on any atom is 0.147 e. The second-order valence-electron chi connectivity index (χ2n) is 4.58. The van der Waals surface area contributed by atoms with Gasteiger partial charge in [0.05, 0.1) is 5.69 Å². The van der Waals surface area contributed by atoms with Crippen molar-refractivity contribution in [3.8, 4) is 0 Å². The average molecular weight is 353 g/mol. The van der Waals surface area contributed by atoms with Crippen LogP contribution in [0.25, 0.3) is 0 Å². The van der Waals surface area contributed by atoms with Gasteiger partial charge in [-0.05, 0) is 24.6 Å². The van der Waals surface area contributed by atoms with Crippen LogP contribution in [0.3, 0.4) is 0 Å². The summed E-state index contributed by atoms with van der Waals surface area (Å²) in [7, 11) is 0. The molecule has 21 heavy (non-hydrogen) atoms. The number of nitrogens with one attached hydrogen (secondary N) is 2. The SMILES string of the molecule is CCCNc1cc(Nc2ccc(Br)cc2F)nc(CC)n1. The van der Waals surface area contributed by atoms with Crippen LogP contribution in [0.1, 0.15) is 26.1 Å². The summed E-state index contributed by atoms with van der Waals surface area (Å²) in [5.41, 5.74) is 0.389. The van der Waals surface area contributed by atoms with Crippen molar-refractivity contribution in [1.82, 2.24) is 9.97 Å². The highest BCUT2D eigenvalue weighted by molar-refractivity contribution is 9.10. The number of hydrogen-bond donors (Lipinski definition) is 2. The van der Waals surface area contributed by atoms with Gasteiger partial charge in [0.15, 0.2) is 0 Å². The standard InChI is InChI=1S/C15H18BrFN4/c1-3-7-18-14-9-15(21-13(4-2)20-14)19-12-6-5-10(16)8-11(12)17/h5-6,8-9H,3-4,7H2,1-2H3,(H2,18,19,20,21). The van der Waals surface area contributed by atoms with Crippen molar-refractivity contribution < 1.29 is 4.39 Å². The smallest absolute Gasteiger partial charge is 0.147 e. The predicted molar refractivity (Wildman–Crippen MR) is 87.6 cm³/mol. The van der Waals surface area contributed by atoms with Gasteiger partial charge in [0.1, 0.15) is 23.3 Å². The van der Waals surface area contributed by atoms with Crippen LogP contribution in [0.2, 0.25) is 0 Å². The van der Waals surface area contributed by atoms with Gasteiger partial charge in [0, 0.05) is 23.5 Å². The molecule has 0 amide bonds. The fraction of sp³-hybridized carbons (Fsp3) is 0.333. The summed E-state index contributed by atoms with van der Waals surface area (Å²) in [4.78, 5) is 8.78. The minimum Gasteiger partial charge on any atom is -0.370 e. The summed E-state index contributed by atoms with van der Waals surface area (Å²) in [6.07, 6.45) is 1.73. The van der Waals surface area contributed by atoms with Gasteiger partial charge in [0.2, 0.25) is 0 Å². The molecule has 0 aliphatic rings. The molecular formula is C15H18BrFN4. The van der Waals surface area contributed by atoms with E-state index in [-0.39, 0.29) is 5.82 Å². The van der Waals surface area contributed by atoms with Gasteiger partial charge in [-0.3, -0.25) is 0 Å². The molecule has 0 atom stereocenters. The van der Waals surface area contributed by atoms with Crippen molar-refractivity contribution in [1.29, 1.82) is 0 Å². The molecule has 0 saturated heterocycles. The third-order valence-electron chi connectivity index (χ3n) is 2.84. The molecule has 1 aromatic carbocycles. The molecular weight excluding hydrogens is 335 g/mol. The van der Waals surface area contributed by atoms with Gasteiger partial charge < -0.3 is 10.6 Å². The molecule has 0 radical (unpaired) electrons. The first-order valence-electron chi connectivity index (χ1n) is 6.96. The van der Waals surface area contributed by atoms with Crippen LogP contribution >= 0.6 is 15.9 Å². The van der Waals surface area contributed by atoms with Crippen LogP contribution in [0.4, 0.5) is 21.7 Å². The van der Waals surface area contributed by atoms with E-state index in [1.165, 1.54) is 6.07 Å². The van der Waals surface area contributed by atoms with E-state index in [0.717, 1.165) is 31.0 Å². The minimum absolute atomic E-state index is 0.330. The molecule has 0 aliphatic carbocycles. The van der Waals surface area contributed by atoms with Crippen LogP contribution in [0.15, 0.2) is 28.7 Å². The van der Waals surface area contributed by atoms with Crippen molar-refractivity contribution in [3.63, 3.8) is 0 Å². The fourth-order valence-electron chi connectivity index (χ4n) is 1.79. The molecule has 0 fully saturated rings. The van der Waals surface area contributed by atoms with Crippen molar-refractivity contribution in [3.05, 3.63) is 40.4 Å². The minimum atomic E-state index is -0.330. The molecule has 1 aromatic heterocycles. The van der Waals surface area contributed by atoms with Crippen LogP contribution in [0, 0.1) is 5.82 Å². The summed E-state index contributed by atoms with van der Waals surface area (Å²) in [6, 6.07) is 6.66. The molecule has 0 aliphatic heterocycles. The molecule has 6 heteroatoms. The molecule has 1 heterocycles. The molecule has 0 saturated carbocycles. The Morgan fingerprint density at radius 1 is 1.14 bits per heavy atom. The zero-order valence-electron chi connectivity index (χ0n) is 12.1.